The van der Waals surface area contributed by atoms with Crippen LogP contribution in [0.3, 0.4) is 0 Å². The molecule has 162 valence electrons. The van der Waals surface area contributed by atoms with Crippen molar-refractivity contribution >= 4 is 12.0 Å². The smallest absolute Gasteiger partial charge is 0.246 e. The third-order valence-corrected chi connectivity index (χ3v) is 5.48. The number of furan rings is 1. The van der Waals surface area contributed by atoms with Gasteiger partial charge in [-0.2, -0.15) is 4.98 Å². The van der Waals surface area contributed by atoms with E-state index in [0.717, 1.165) is 56.9 Å². The third kappa shape index (κ3) is 5.70. The third-order valence-electron chi connectivity index (χ3n) is 5.48. The number of nitrogens with zero attached hydrogens (tertiary/aromatic N) is 4. The topological polar surface area (TPSA) is 75.6 Å². The van der Waals surface area contributed by atoms with Crippen LogP contribution in [0.15, 0.2) is 51.4 Å². The lowest BCUT2D eigenvalue weighted by molar-refractivity contribution is -0.127. The SMILES string of the molecule is Cc1ccc(-c2noc(CCCN3CCN(C(=O)C=Cc4ccc(C)o4)CC3)n2)cc1. The van der Waals surface area contributed by atoms with E-state index in [9.17, 15) is 4.79 Å². The van der Waals surface area contributed by atoms with Crippen LogP contribution in [-0.4, -0.2) is 58.6 Å². The van der Waals surface area contributed by atoms with Crippen LogP contribution in [0.2, 0.25) is 0 Å². The van der Waals surface area contributed by atoms with E-state index in [1.54, 1.807) is 12.2 Å². The maximum absolute atomic E-state index is 12.4. The first-order valence-electron chi connectivity index (χ1n) is 10.7. The Morgan fingerprint density at radius 1 is 1.06 bits per heavy atom. The summed E-state index contributed by atoms with van der Waals surface area (Å²) in [5, 5.41) is 4.09. The van der Waals surface area contributed by atoms with E-state index in [1.165, 1.54) is 5.56 Å². The summed E-state index contributed by atoms with van der Waals surface area (Å²) in [6, 6.07) is 11.9. The molecule has 0 unspecified atom stereocenters. The van der Waals surface area contributed by atoms with Gasteiger partial charge in [-0.3, -0.25) is 9.69 Å². The standard InChI is InChI=1S/C24H28N4O3/c1-18-5-8-20(9-6-18)24-25-22(31-26-24)4-3-13-27-14-16-28(17-15-27)23(29)12-11-21-10-7-19(2)30-21/h5-12H,3-4,13-17H2,1-2H3. The molecule has 2 aromatic heterocycles. The fourth-order valence-electron chi connectivity index (χ4n) is 3.62. The first-order chi connectivity index (χ1) is 15.1. The van der Waals surface area contributed by atoms with Gasteiger partial charge in [-0.05, 0) is 45.0 Å². The highest BCUT2D eigenvalue weighted by atomic mass is 16.5. The Labute approximate surface area is 182 Å². The van der Waals surface area contributed by atoms with E-state index in [-0.39, 0.29) is 5.91 Å². The molecule has 0 spiro atoms. The molecule has 0 radical (unpaired) electrons. The van der Waals surface area contributed by atoms with Gasteiger partial charge in [0.1, 0.15) is 11.5 Å². The molecule has 1 aromatic carbocycles. The van der Waals surface area contributed by atoms with E-state index in [0.29, 0.717) is 17.5 Å². The van der Waals surface area contributed by atoms with Crippen LogP contribution in [-0.2, 0) is 11.2 Å². The predicted molar refractivity (Wildman–Crippen MR) is 118 cm³/mol. The number of piperazine rings is 1. The zero-order valence-electron chi connectivity index (χ0n) is 18.1. The summed E-state index contributed by atoms with van der Waals surface area (Å²) in [4.78, 5) is 21.1. The molecular formula is C24H28N4O3. The van der Waals surface area contributed by atoms with Gasteiger partial charge in [0.2, 0.25) is 17.6 Å². The molecule has 0 aliphatic carbocycles. The number of rotatable bonds is 7. The molecule has 0 saturated carbocycles. The summed E-state index contributed by atoms with van der Waals surface area (Å²) in [5.41, 5.74) is 2.18. The summed E-state index contributed by atoms with van der Waals surface area (Å²) in [6.07, 6.45) is 5.02. The number of carbonyl (C=O) groups excluding carboxylic acids is 1. The van der Waals surface area contributed by atoms with E-state index in [1.807, 2.05) is 48.2 Å². The molecular weight excluding hydrogens is 392 g/mol. The van der Waals surface area contributed by atoms with Gasteiger partial charge in [-0.15, -0.1) is 0 Å². The number of benzene rings is 1. The van der Waals surface area contributed by atoms with Gasteiger partial charge in [0.25, 0.3) is 0 Å². The lowest BCUT2D eigenvalue weighted by Gasteiger charge is -2.34. The van der Waals surface area contributed by atoms with Crippen molar-refractivity contribution in [3.8, 4) is 11.4 Å². The molecule has 3 aromatic rings. The Kier molecular flexibility index (Phi) is 6.62. The van der Waals surface area contributed by atoms with Crippen molar-refractivity contribution in [2.75, 3.05) is 32.7 Å². The van der Waals surface area contributed by atoms with E-state index >= 15 is 0 Å². The van der Waals surface area contributed by atoms with Gasteiger partial charge in [0, 0.05) is 44.2 Å². The van der Waals surface area contributed by atoms with Gasteiger partial charge in [0.15, 0.2) is 0 Å². The van der Waals surface area contributed by atoms with Crippen LogP contribution in [0.25, 0.3) is 17.5 Å². The molecule has 0 N–H and O–H groups in total. The fraction of sp³-hybridized carbons (Fsp3) is 0.375. The Hall–Kier alpha value is -3.19. The van der Waals surface area contributed by atoms with Crippen molar-refractivity contribution in [1.82, 2.24) is 19.9 Å². The Morgan fingerprint density at radius 2 is 1.84 bits per heavy atom. The van der Waals surface area contributed by atoms with Gasteiger partial charge in [-0.25, -0.2) is 0 Å². The fourth-order valence-corrected chi connectivity index (χ4v) is 3.62. The van der Waals surface area contributed by atoms with Gasteiger partial charge < -0.3 is 13.8 Å². The Balaban J connectivity index is 1.18. The molecule has 31 heavy (non-hydrogen) atoms. The number of amides is 1. The quantitative estimate of drug-likeness (QED) is 0.542. The number of carbonyl (C=O) groups is 1. The zero-order chi connectivity index (χ0) is 21.6. The average molecular weight is 421 g/mol. The molecule has 1 amide bonds. The van der Waals surface area contributed by atoms with Crippen molar-refractivity contribution < 1.29 is 13.7 Å². The molecule has 0 bridgehead atoms. The van der Waals surface area contributed by atoms with Crippen LogP contribution in [0.1, 0.15) is 29.4 Å². The highest BCUT2D eigenvalue weighted by Crippen LogP contribution is 2.17. The Bertz CT molecular complexity index is 1030. The number of aryl methyl sites for hydroxylation is 3. The van der Waals surface area contributed by atoms with Gasteiger partial charge in [0.05, 0.1) is 0 Å². The van der Waals surface area contributed by atoms with Crippen molar-refractivity contribution in [3.63, 3.8) is 0 Å². The second-order valence-electron chi connectivity index (χ2n) is 7.93. The van der Waals surface area contributed by atoms with Crippen LogP contribution >= 0.6 is 0 Å². The summed E-state index contributed by atoms with van der Waals surface area (Å²) < 4.78 is 10.9. The largest absolute Gasteiger partial charge is 0.462 e. The maximum atomic E-state index is 12.4. The molecule has 4 rings (SSSR count). The van der Waals surface area contributed by atoms with Gasteiger partial charge in [-0.1, -0.05) is 35.0 Å². The molecule has 7 nitrogen and oxygen atoms in total. The molecule has 1 saturated heterocycles. The first kappa shape index (κ1) is 21.1. The average Bonchev–Trinajstić information content (AvgIpc) is 3.42. The first-order valence-corrected chi connectivity index (χ1v) is 10.7. The second-order valence-corrected chi connectivity index (χ2v) is 7.93. The monoisotopic (exact) mass is 420 g/mol. The maximum Gasteiger partial charge on any atom is 0.246 e. The lowest BCUT2D eigenvalue weighted by Crippen LogP contribution is -2.48. The van der Waals surface area contributed by atoms with Crippen molar-refractivity contribution in [2.24, 2.45) is 0 Å². The van der Waals surface area contributed by atoms with Crippen molar-refractivity contribution in [2.45, 2.75) is 26.7 Å². The van der Waals surface area contributed by atoms with Gasteiger partial charge >= 0.3 is 0 Å². The summed E-state index contributed by atoms with van der Waals surface area (Å²) in [6.45, 7) is 8.11. The highest BCUT2D eigenvalue weighted by molar-refractivity contribution is 5.91. The van der Waals surface area contributed by atoms with Crippen LogP contribution < -0.4 is 0 Å². The van der Waals surface area contributed by atoms with Crippen LogP contribution in [0, 0.1) is 13.8 Å². The van der Waals surface area contributed by atoms with E-state index < -0.39 is 0 Å². The summed E-state index contributed by atoms with van der Waals surface area (Å²) in [5.74, 6) is 2.88. The van der Waals surface area contributed by atoms with E-state index in [4.69, 9.17) is 8.94 Å². The molecule has 1 fully saturated rings. The molecule has 0 atom stereocenters. The predicted octanol–water partition coefficient (Wildman–Crippen LogP) is 3.74. The lowest BCUT2D eigenvalue weighted by atomic mass is 10.1. The number of hydrogen-bond acceptors (Lipinski definition) is 6. The molecule has 3 heterocycles. The number of hydrogen-bond donors (Lipinski definition) is 0. The molecule has 1 aliphatic heterocycles. The minimum absolute atomic E-state index is 0.0307. The minimum atomic E-state index is 0.0307. The van der Waals surface area contributed by atoms with Crippen LogP contribution in [0.5, 0.6) is 0 Å². The zero-order valence-corrected chi connectivity index (χ0v) is 18.1. The number of aromatic nitrogens is 2. The van der Waals surface area contributed by atoms with Crippen molar-refractivity contribution in [3.05, 3.63) is 65.4 Å². The van der Waals surface area contributed by atoms with E-state index in [2.05, 4.69) is 22.0 Å². The minimum Gasteiger partial charge on any atom is -0.462 e. The highest BCUT2D eigenvalue weighted by Gasteiger charge is 2.19. The molecule has 1 aliphatic rings. The summed E-state index contributed by atoms with van der Waals surface area (Å²) >= 11 is 0. The molecule has 7 heteroatoms. The summed E-state index contributed by atoms with van der Waals surface area (Å²) in [7, 11) is 0. The van der Waals surface area contributed by atoms with Crippen molar-refractivity contribution in [1.29, 1.82) is 0 Å². The van der Waals surface area contributed by atoms with Crippen LogP contribution in [0.4, 0.5) is 0 Å². The normalized spacial score (nSPS) is 15.1. The Morgan fingerprint density at radius 3 is 2.55 bits per heavy atom. The second kappa shape index (κ2) is 9.75.